The number of aromatic amines is 1. The van der Waals surface area contributed by atoms with Gasteiger partial charge in [0.15, 0.2) is 0 Å². The summed E-state index contributed by atoms with van der Waals surface area (Å²) in [7, 11) is 0. The van der Waals surface area contributed by atoms with E-state index in [0.717, 1.165) is 5.56 Å². The molecule has 2 amide bonds. The predicted molar refractivity (Wildman–Crippen MR) is 106 cm³/mol. The van der Waals surface area contributed by atoms with E-state index in [2.05, 4.69) is 15.3 Å². The number of anilines is 2. The number of carbonyl (C=O) groups excluding carboxylic acids is 2. The maximum atomic E-state index is 12.7. The molecule has 144 valence electrons. The molecule has 0 fully saturated rings. The zero-order valence-electron chi connectivity index (χ0n) is 16.5. The second kappa shape index (κ2) is 8.62. The Balaban J connectivity index is 0.00000126. The molecule has 0 spiro atoms. The zero-order chi connectivity index (χ0) is 20.1. The molecule has 0 saturated carbocycles. The van der Waals surface area contributed by atoms with Gasteiger partial charge in [0.2, 0.25) is 11.8 Å². The first-order valence-electron chi connectivity index (χ1n) is 9.12. The van der Waals surface area contributed by atoms with E-state index in [4.69, 9.17) is 0 Å². The van der Waals surface area contributed by atoms with Gasteiger partial charge >= 0.3 is 0 Å². The number of carbonyl (C=O) groups is 2. The smallest absolute Gasteiger partial charge is 0.254 e. The molecule has 7 nitrogen and oxygen atoms in total. The van der Waals surface area contributed by atoms with Crippen LogP contribution in [0.25, 0.3) is 0 Å². The normalized spacial score (nSPS) is 12.6. The second-order valence-electron chi connectivity index (χ2n) is 6.26. The van der Waals surface area contributed by atoms with Gasteiger partial charge in [-0.25, -0.2) is 4.98 Å². The highest BCUT2D eigenvalue weighted by Crippen LogP contribution is 2.30. The molecule has 2 heterocycles. The minimum absolute atomic E-state index is 0.0175. The molecule has 0 bridgehead atoms. The van der Waals surface area contributed by atoms with Crippen LogP contribution in [0.2, 0.25) is 0 Å². The van der Waals surface area contributed by atoms with Gasteiger partial charge in [-0.05, 0) is 44.9 Å². The van der Waals surface area contributed by atoms with Gasteiger partial charge in [0.1, 0.15) is 12.4 Å². The molecule has 2 aromatic rings. The molecule has 0 radical (unpaired) electrons. The number of rotatable bonds is 3. The fourth-order valence-electron chi connectivity index (χ4n) is 3.04. The topological polar surface area (TPSA) is 95.2 Å². The van der Waals surface area contributed by atoms with E-state index >= 15 is 0 Å². The minimum Gasteiger partial charge on any atom is -0.323 e. The molecule has 2 N–H and O–H groups in total. The third-order valence-corrected chi connectivity index (χ3v) is 4.25. The van der Waals surface area contributed by atoms with Gasteiger partial charge in [-0.1, -0.05) is 19.9 Å². The minimum atomic E-state index is -0.225. The molecule has 27 heavy (non-hydrogen) atoms. The lowest BCUT2D eigenvalue weighted by Crippen LogP contribution is -2.42. The van der Waals surface area contributed by atoms with E-state index in [9.17, 15) is 14.4 Å². The molecule has 1 aliphatic rings. The molecule has 0 atom stereocenters. The third-order valence-electron chi connectivity index (χ3n) is 4.25. The summed E-state index contributed by atoms with van der Waals surface area (Å²) in [4.78, 5) is 45.0. The highest BCUT2D eigenvalue weighted by molar-refractivity contribution is 6.10. The van der Waals surface area contributed by atoms with Crippen molar-refractivity contribution in [3.05, 3.63) is 51.2 Å². The Hall–Kier alpha value is -2.96. The van der Waals surface area contributed by atoms with E-state index in [1.165, 1.54) is 4.90 Å². The summed E-state index contributed by atoms with van der Waals surface area (Å²) in [6.45, 7) is 9.38. The lowest BCUT2D eigenvalue weighted by molar-refractivity contribution is -0.121. The molecule has 1 aliphatic heterocycles. The summed E-state index contributed by atoms with van der Waals surface area (Å²) < 4.78 is 0. The van der Waals surface area contributed by atoms with Crippen molar-refractivity contribution in [3.8, 4) is 0 Å². The maximum absolute atomic E-state index is 12.7. The van der Waals surface area contributed by atoms with Gasteiger partial charge in [0.05, 0.1) is 11.4 Å². The lowest BCUT2D eigenvalue weighted by Gasteiger charge is -2.29. The number of aryl methyl sites for hydroxylation is 3. The van der Waals surface area contributed by atoms with Crippen molar-refractivity contribution < 1.29 is 9.59 Å². The Bertz CT molecular complexity index is 918. The molecule has 1 aromatic heterocycles. The Labute approximate surface area is 158 Å². The SMILES string of the molecule is CC.Cc1ccc2c(c1)NC(=O)CN2C(=O)CCc1c(C)nc(C)[nH]c1=O. The van der Waals surface area contributed by atoms with Crippen LogP contribution in [0.3, 0.4) is 0 Å². The van der Waals surface area contributed by atoms with Crippen molar-refractivity contribution in [2.24, 2.45) is 0 Å². The number of H-pyrrole nitrogens is 1. The van der Waals surface area contributed by atoms with Crippen LogP contribution in [0.5, 0.6) is 0 Å². The number of hydrogen-bond donors (Lipinski definition) is 2. The van der Waals surface area contributed by atoms with Crippen LogP contribution >= 0.6 is 0 Å². The first-order valence-corrected chi connectivity index (χ1v) is 9.12. The van der Waals surface area contributed by atoms with Crippen LogP contribution in [-0.4, -0.2) is 28.3 Å². The van der Waals surface area contributed by atoms with Crippen molar-refractivity contribution >= 4 is 23.2 Å². The van der Waals surface area contributed by atoms with Crippen LogP contribution < -0.4 is 15.8 Å². The van der Waals surface area contributed by atoms with Crippen molar-refractivity contribution in [1.82, 2.24) is 9.97 Å². The first-order chi connectivity index (χ1) is 12.8. The monoisotopic (exact) mass is 370 g/mol. The average molecular weight is 370 g/mol. The number of nitrogens with zero attached hydrogens (tertiary/aromatic N) is 2. The fourth-order valence-corrected chi connectivity index (χ4v) is 3.04. The Kier molecular flexibility index (Phi) is 6.50. The van der Waals surface area contributed by atoms with Crippen molar-refractivity contribution in [2.75, 3.05) is 16.8 Å². The van der Waals surface area contributed by atoms with E-state index in [-0.39, 0.29) is 36.8 Å². The highest BCUT2D eigenvalue weighted by atomic mass is 16.2. The maximum Gasteiger partial charge on any atom is 0.254 e. The Morgan fingerprint density at radius 1 is 1.19 bits per heavy atom. The third kappa shape index (κ3) is 4.61. The van der Waals surface area contributed by atoms with Gasteiger partial charge in [0.25, 0.3) is 5.56 Å². The van der Waals surface area contributed by atoms with E-state index in [1.807, 2.05) is 39.0 Å². The number of hydrogen-bond acceptors (Lipinski definition) is 4. The zero-order valence-corrected chi connectivity index (χ0v) is 16.5. The molecular formula is C20H26N4O3. The van der Waals surface area contributed by atoms with Gasteiger partial charge in [-0.3, -0.25) is 14.4 Å². The molecule has 7 heteroatoms. The molecule has 1 aromatic carbocycles. The molecular weight excluding hydrogens is 344 g/mol. The predicted octanol–water partition coefficient (Wildman–Crippen LogP) is 2.64. The summed E-state index contributed by atoms with van der Waals surface area (Å²) in [5, 5.41) is 2.79. The van der Waals surface area contributed by atoms with E-state index in [1.54, 1.807) is 13.8 Å². The lowest BCUT2D eigenvalue weighted by atomic mass is 10.1. The van der Waals surface area contributed by atoms with Crippen LogP contribution in [0.4, 0.5) is 11.4 Å². The summed E-state index contributed by atoms with van der Waals surface area (Å²) in [6.07, 6.45) is 0.419. The summed E-state index contributed by atoms with van der Waals surface area (Å²) in [6, 6.07) is 5.56. The van der Waals surface area contributed by atoms with Crippen LogP contribution in [0.1, 0.15) is 42.9 Å². The molecule has 0 saturated heterocycles. The number of amides is 2. The van der Waals surface area contributed by atoms with Gasteiger partial charge in [-0.15, -0.1) is 0 Å². The van der Waals surface area contributed by atoms with Gasteiger partial charge in [-0.2, -0.15) is 0 Å². The Morgan fingerprint density at radius 3 is 2.56 bits per heavy atom. The second-order valence-corrected chi connectivity index (χ2v) is 6.26. The largest absolute Gasteiger partial charge is 0.323 e. The van der Waals surface area contributed by atoms with E-state index < -0.39 is 0 Å². The van der Waals surface area contributed by atoms with Crippen LogP contribution in [0.15, 0.2) is 23.0 Å². The molecule has 0 unspecified atom stereocenters. The average Bonchev–Trinajstić information content (AvgIpc) is 2.61. The summed E-state index contributed by atoms with van der Waals surface area (Å²) in [5.74, 6) is 0.131. The first kappa shape index (κ1) is 20.4. The Morgan fingerprint density at radius 2 is 1.89 bits per heavy atom. The summed E-state index contributed by atoms with van der Waals surface area (Å²) >= 11 is 0. The van der Waals surface area contributed by atoms with Gasteiger partial charge < -0.3 is 15.2 Å². The standard InChI is InChI=1S/C18H20N4O3.C2H6/c1-10-4-6-15-14(8-10)21-16(23)9-22(15)17(24)7-5-13-11(2)19-12(3)20-18(13)25;1-2/h4,6,8H,5,7,9H2,1-3H3,(H,21,23)(H,19,20,25);1-2H3. The quantitative estimate of drug-likeness (QED) is 0.868. The van der Waals surface area contributed by atoms with Crippen LogP contribution in [-0.2, 0) is 16.0 Å². The molecule has 3 rings (SSSR count). The highest BCUT2D eigenvalue weighted by Gasteiger charge is 2.26. The molecule has 0 aliphatic carbocycles. The summed E-state index contributed by atoms with van der Waals surface area (Å²) in [5.41, 5.74) is 3.23. The van der Waals surface area contributed by atoms with Crippen molar-refractivity contribution in [3.63, 3.8) is 0 Å². The fraction of sp³-hybridized carbons (Fsp3) is 0.400. The van der Waals surface area contributed by atoms with E-state index in [0.29, 0.717) is 28.5 Å². The van der Waals surface area contributed by atoms with Gasteiger partial charge in [0, 0.05) is 17.7 Å². The number of aromatic nitrogens is 2. The number of nitrogens with one attached hydrogen (secondary N) is 2. The van der Waals surface area contributed by atoms with Crippen molar-refractivity contribution in [2.45, 2.75) is 47.5 Å². The number of benzene rings is 1. The number of fused-ring (bicyclic) bond motifs is 1. The van der Waals surface area contributed by atoms with Crippen molar-refractivity contribution in [1.29, 1.82) is 0 Å². The van der Waals surface area contributed by atoms with Crippen LogP contribution in [0, 0.1) is 20.8 Å².